The molecule has 0 saturated carbocycles. The molecule has 1 fully saturated rings. The fraction of sp³-hybridized carbons (Fsp3) is 0.692. The number of amides is 1. The van der Waals surface area contributed by atoms with E-state index in [2.05, 4.69) is 6.58 Å². The molecule has 0 bridgehead atoms. The van der Waals surface area contributed by atoms with Crippen LogP contribution in [0.15, 0.2) is 11.6 Å². The number of rotatable bonds is 3. The monoisotopic (exact) mass is 273 g/mol. The van der Waals surface area contributed by atoms with Crippen molar-refractivity contribution in [2.75, 3.05) is 13.1 Å². The third-order valence-electron chi connectivity index (χ3n) is 2.66. The van der Waals surface area contributed by atoms with Gasteiger partial charge in [-0.25, -0.2) is 4.79 Å². The van der Waals surface area contributed by atoms with Gasteiger partial charge in [0.05, 0.1) is 0 Å². The molecule has 0 radical (unpaired) electrons. The molecule has 102 valence electrons. The molecule has 1 atom stereocenters. The average Bonchev–Trinajstić information content (AvgIpc) is 2.61. The molecule has 1 aliphatic rings. The van der Waals surface area contributed by atoms with Gasteiger partial charge in [0.25, 0.3) is 0 Å². The second-order valence-electron chi connectivity index (χ2n) is 5.57. The average molecular weight is 274 g/mol. The first kappa shape index (κ1) is 15.0. The highest BCUT2D eigenvalue weighted by atomic mass is 35.5. The second kappa shape index (κ2) is 5.74. The summed E-state index contributed by atoms with van der Waals surface area (Å²) in [5.41, 5.74) is -0.510. The van der Waals surface area contributed by atoms with Crippen LogP contribution in [-0.2, 0) is 9.53 Å². The lowest BCUT2D eigenvalue weighted by Crippen LogP contribution is -2.35. The highest BCUT2D eigenvalue weighted by Crippen LogP contribution is 2.22. The van der Waals surface area contributed by atoms with E-state index in [0.717, 1.165) is 0 Å². The molecule has 1 amide bonds. The van der Waals surface area contributed by atoms with Gasteiger partial charge in [-0.1, -0.05) is 18.2 Å². The molecule has 0 aromatic carbocycles. The van der Waals surface area contributed by atoms with Crippen molar-refractivity contribution in [3.05, 3.63) is 11.6 Å². The minimum atomic E-state index is -0.510. The van der Waals surface area contributed by atoms with Crippen molar-refractivity contribution < 1.29 is 14.3 Å². The fourth-order valence-corrected chi connectivity index (χ4v) is 1.98. The number of nitrogens with zero attached hydrogens (tertiary/aromatic N) is 1. The zero-order valence-electron chi connectivity index (χ0n) is 11.2. The van der Waals surface area contributed by atoms with Crippen LogP contribution in [0.25, 0.3) is 0 Å². The van der Waals surface area contributed by atoms with Gasteiger partial charge in [-0.05, 0) is 27.2 Å². The number of Topliss-reactive ketones (excluding diaryl/α,β-unsaturated/α-hetero) is 1. The summed E-state index contributed by atoms with van der Waals surface area (Å²) in [6, 6.07) is 0. The molecule has 18 heavy (non-hydrogen) atoms. The molecule has 0 aromatic heterocycles. The first-order valence-electron chi connectivity index (χ1n) is 6.03. The summed E-state index contributed by atoms with van der Waals surface area (Å²) in [5, 5.41) is 0.343. The summed E-state index contributed by atoms with van der Waals surface area (Å²) < 4.78 is 5.26. The van der Waals surface area contributed by atoms with Gasteiger partial charge in [-0.15, -0.1) is 0 Å². The first-order valence-corrected chi connectivity index (χ1v) is 6.41. The Hall–Kier alpha value is -1.03. The van der Waals surface area contributed by atoms with Crippen LogP contribution in [0.5, 0.6) is 0 Å². The van der Waals surface area contributed by atoms with E-state index < -0.39 is 5.60 Å². The van der Waals surface area contributed by atoms with E-state index in [9.17, 15) is 9.59 Å². The summed E-state index contributed by atoms with van der Waals surface area (Å²) in [6.07, 6.45) is 0.485. The fourth-order valence-electron chi connectivity index (χ4n) is 1.85. The predicted octanol–water partition coefficient (Wildman–Crippen LogP) is 2.96. The van der Waals surface area contributed by atoms with E-state index in [0.29, 0.717) is 24.5 Å². The van der Waals surface area contributed by atoms with Gasteiger partial charge in [-0.3, -0.25) is 4.79 Å². The Bertz CT molecular complexity index is 360. The molecule has 0 unspecified atom stereocenters. The smallest absolute Gasteiger partial charge is 0.410 e. The second-order valence-corrected chi connectivity index (χ2v) is 6.11. The van der Waals surface area contributed by atoms with Gasteiger partial charge in [0.2, 0.25) is 0 Å². The molecule has 1 aliphatic heterocycles. The lowest BCUT2D eigenvalue weighted by Gasteiger charge is -2.24. The molecule has 1 rings (SSSR count). The van der Waals surface area contributed by atoms with Crippen molar-refractivity contribution in [2.24, 2.45) is 5.92 Å². The number of halogens is 1. The number of allylic oxidation sites excluding steroid dienone is 1. The standard InChI is InChI=1S/C13H20ClNO3/c1-9(14)7-11(16)10-5-6-15(8-10)12(17)18-13(2,3)4/h10H,1,5-8H2,2-4H3/t10-/m0/s1. The van der Waals surface area contributed by atoms with E-state index in [1.807, 2.05) is 20.8 Å². The molecule has 0 N–H and O–H groups in total. The van der Waals surface area contributed by atoms with Crippen LogP contribution in [0.3, 0.4) is 0 Å². The van der Waals surface area contributed by atoms with Crippen LogP contribution in [-0.4, -0.2) is 35.5 Å². The van der Waals surface area contributed by atoms with Gasteiger partial charge in [0.15, 0.2) is 0 Å². The van der Waals surface area contributed by atoms with Crippen LogP contribution in [0.1, 0.15) is 33.6 Å². The van der Waals surface area contributed by atoms with Crippen LogP contribution in [0.2, 0.25) is 0 Å². The lowest BCUT2D eigenvalue weighted by molar-refractivity contribution is -0.121. The summed E-state index contributed by atoms with van der Waals surface area (Å²) in [4.78, 5) is 25.2. The van der Waals surface area contributed by atoms with Crippen molar-refractivity contribution in [1.29, 1.82) is 0 Å². The van der Waals surface area contributed by atoms with Gasteiger partial charge in [-0.2, -0.15) is 0 Å². The molecule has 1 heterocycles. The highest BCUT2D eigenvalue weighted by Gasteiger charge is 2.33. The third kappa shape index (κ3) is 4.69. The van der Waals surface area contributed by atoms with Crippen molar-refractivity contribution in [2.45, 2.75) is 39.2 Å². The predicted molar refractivity (Wildman–Crippen MR) is 70.5 cm³/mol. The molecule has 1 saturated heterocycles. The number of ether oxygens (including phenoxy) is 1. The van der Waals surface area contributed by atoms with Gasteiger partial charge in [0.1, 0.15) is 11.4 Å². The molecule has 5 heteroatoms. The number of likely N-dealkylation sites (tertiary alicyclic amines) is 1. The van der Waals surface area contributed by atoms with Crippen molar-refractivity contribution in [1.82, 2.24) is 4.90 Å². The zero-order chi connectivity index (χ0) is 13.9. The highest BCUT2D eigenvalue weighted by molar-refractivity contribution is 6.30. The molecular weight excluding hydrogens is 254 g/mol. The molecule has 0 spiro atoms. The van der Waals surface area contributed by atoms with Crippen LogP contribution >= 0.6 is 11.6 Å². The Labute approximate surface area is 113 Å². The Morgan fingerprint density at radius 2 is 2.06 bits per heavy atom. The normalized spacial score (nSPS) is 19.8. The van der Waals surface area contributed by atoms with Crippen LogP contribution in [0.4, 0.5) is 4.79 Å². The molecule has 0 aromatic rings. The zero-order valence-corrected chi connectivity index (χ0v) is 11.9. The Kier molecular flexibility index (Phi) is 4.79. The number of carbonyl (C=O) groups excluding carboxylic acids is 2. The number of ketones is 1. The van der Waals surface area contributed by atoms with E-state index in [1.165, 1.54) is 0 Å². The van der Waals surface area contributed by atoms with E-state index in [4.69, 9.17) is 16.3 Å². The number of hydrogen-bond donors (Lipinski definition) is 0. The first-order chi connectivity index (χ1) is 8.19. The summed E-state index contributed by atoms with van der Waals surface area (Å²) in [6.45, 7) is 9.94. The maximum Gasteiger partial charge on any atom is 0.410 e. The molecular formula is C13H20ClNO3. The number of carbonyl (C=O) groups is 2. The van der Waals surface area contributed by atoms with Gasteiger partial charge < -0.3 is 9.64 Å². The summed E-state index contributed by atoms with van der Waals surface area (Å²) in [7, 11) is 0. The van der Waals surface area contributed by atoms with Gasteiger partial charge in [0, 0.05) is 30.5 Å². The minimum absolute atomic E-state index is 0.0426. The summed E-state index contributed by atoms with van der Waals surface area (Å²) >= 11 is 5.62. The summed E-state index contributed by atoms with van der Waals surface area (Å²) in [5.74, 6) is -0.103. The Morgan fingerprint density at radius 1 is 1.44 bits per heavy atom. The lowest BCUT2D eigenvalue weighted by atomic mass is 10.0. The topological polar surface area (TPSA) is 46.6 Å². The van der Waals surface area contributed by atoms with E-state index >= 15 is 0 Å². The Balaban J connectivity index is 2.48. The molecule has 4 nitrogen and oxygen atoms in total. The van der Waals surface area contributed by atoms with Crippen molar-refractivity contribution >= 4 is 23.5 Å². The van der Waals surface area contributed by atoms with Crippen LogP contribution in [0, 0.1) is 5.92 Å². The van der Waals surface area contributed by atoms with Crippen LogP contribution < -0.4 is 0 Å². The van der Waals surface area contributed by atoms with Gasteiger partial charge >= 0.3 is 6.09 Å². The van der Waals surface area contributed by atoms with E-state index in [-0.39, 0.29) is 24.2 Å². The quantitative estimate of drug-likeness (QED) is 0.794. The van der Waals surface area contributed by atoms with Crippen molar-refractivity contribution in [3.8, 4) is 0 Å². The van der Waals surface area contributed by atoms with Crippen molar-refractivity contribution in [3.63, 3.8) is 0 Å². The maximum absolute atomic E-state index is 11.8. The minimum Gasteiger partial charge on any atom is -0.444 e. The SMILES string of the molecule is C=C(Cl)CC(=O)[C@H]1CCN(C(=O)OC(C)(C)C)C1. The third-order valence-corrected chi connectivity index (χ3v) is 2.79. The largest absolute Gasteiger partial charge is 0.444 e. The molecule has 0 aliphatic carbocycles. The van der Waals surface area contributed by atoms with E-state index in [1.54, 1.807) is 4.90 Å². The Morgan fingerprint density at radius 3 is 2.56 bits per heavy atom. The number of hydrogen-bond acceptors (Lipinski definition) is 3. The maximum atomic E-state index is 11.8.